The second-order valence-corrected chi connectivity index (χ2v) is 6.18. The van der Waals surface area contributed by atoms with E-state index in [0.29, 0.717) is 0 Å². The highest BCUT2D eigenvalue weighted by atomic mass is 32.2. The Morgan fingerprint density at radius 3 is 2.26 bits per heavy atom. The van der Waals surface area contributed by atoms with Crippen LogP contribution < -0.4 is 5.73 Å². The molecule has 2 rings (SSSR count). The lowest BCUT2D eigenvalue weighted by Gasteiger charge is -2.15. The summed E-state index contributed by atoms with van der Waals surface area (Å²) in [7, 11) is 0. The normalized spacial score (nSPS) is 12.4. The van der Waals surface area contributed by atoms with Gasteiger partial charge in [-0.25, -0.2) is 0 Å². The first-order valence-electron chi connectivity index (χ1n) is 6.58. The van der Waals surface area contributed by atoms with E-state index in [1.807, 2.05) is 11.8 Å². The van der Waals surface area contributed by atoms with E-state index in [1.165, 1.54) is 27.1 Å². The van der Waals surface area contributed by atoms with Crippen molar-refractivity contribution in [3.05, 3.63) is 64.7 Å². The molecule has 0 radical (unpaired) electrons. The molecule has 0 spiro atoms. The standard InChI is InChI=1S/C17H21NS/c1-12-5-8-15(9-6-12)19-11-17(18)16-10-13(2)4-7-14(16)3/h4-10,17H,11,18H2,1-3H3. The maximum atomic E-state index is 6.32. The summed E-state index contributed by atoms with van der Waals surface area (Å²) in [5.74, 6) is 0.910. The van der Waals surface area contributed by atoms with E-state index in [4.69, 9.17) is 5.73 Å². The number of rotatable bonds is 4. The van der Waals surface area contributed by atoms with Crippen LogP contribution in [-0.2, 0) is 0 Å². The van der Waals surface area contributed by atoms with Crippen molar-refractivity contribution in [2.45, 2.75) is 31.7 Å². The van der Waals surface area contributed by atoms with Crippen LogP contribution in [0, 0.1) is 20.8 Å². The number of benzene rings is 2. The molecule has 2 aromatic rings. The Bertz CT molecular complexity index is 546. The number of aryl methyl sites for hydroxylation is 3. The molecule has 19 heavy (non-hydrogen) atoms. The molecule has 0 aliphatic heterocycles. The molecule has 0 heterocycles. The molecule has 0 aliphatic carbocycles. The van der Waals surface area contributed by atoms with Gasteiger partial charge in [0.1, 0.15) is 0 Å². The van der Waals surface area contributed by atoms with Gasteiger partial charge in [0, 0.05) is 16.7 Å². The molecule has 0 fully saturated rings. The van der Waals surface area contributed by atoms with Crippen LogP contribution in [0.4, 0.5) is 0 Å². The van der Waals surface area contributed by atoms with Crippen LogP contribution in [0.25, 0.3) is 0 Å². The zero-order chi connectivity index (χ0) is 13.8. The third-order valence-corrected chi connectivity index (χ3v) is 4.42. The lowest BCUT2D eigenvalue weighted by Crippen LogP contribution is -2.14. The van der Waals surface area contributed by atoms with Gasteiger partial charge in [-0.1, -0.05) is 41.5 Å². The summed E-state index contributed by atoms with van der Waals surface area (Å²) in [6.45, 7) is 6.35. The van der Waals surface area contributed by atoms with E-state index >= 15 is 0 Å². The predicted octanol–water partition coefficient (Wildman–Crippen LogP) is 4.40. The molecule has 1 nitrogen and oxygen atoms in total. The molecule has 2 N–H and O–H groups in total. The van der Waals surface area contributed by atoms with E-state index in [9.17, 15) is 0 Å². The Labute approximate surface area is 120 Å². The fourth-order valence-corrected chi connectivity index (χ4v) is 2.95. The molecule has 1 atom stereocenters. The van der Waals surface area contributed by atoms with Gasteiger partial charge >= 0.3 is 0 Å². The van der Waals surface area contributed by atoms with E-state index in [1.54, 1.807) is 0 Å². The van der Waals surface area contributed by atoms with Crippen LogP contribution in [0.2, 0.25) is 0 Å². The molecule has 0 amide bonds. The largest absolute Gasteiger partial charge is 0.323 e. The topological polar surface area (TPSA) is 26.0 Å². The number of nitrogens with two attached hydrogens (primary N) is 1. The first-order valence-corrected chi connectivity index (χ1v) is 7.57. The number of hydrogen-bond acceptors (Lipinski definition) is 2. The van der Waals surface area contributed by atoms with E-state index in [-0.39, 0.29) is 6.04 Å². The lowest BCUT2D eigenvalue weighted by molar-refractivity contribution is 0.821. The summed E-state index contributed by atoms with van der Waals surface area (Å²) < 4.78 is 0. The molecular weight excluding hydrogens is 250 g/mol. The summed E-state index contributed by atoms with van der Waals surface area (Å²) >= 11 is 1.82. The van der Waals surface area contributed by atoms with Gasteiger partial charge in [0.15, 0.2) is 0 Å². The highest BCUT2D eigenvalue weighted by Crippen LogP contribution is 2.25. The molecule has 100 valence electrons. The van der Waals surface area contributed by atoms with Crippen LogP contribution in [0.1, 0.15) is 28.3 Å². The van der Waals surface area contributed by atoms with Gasteiger partial charge in [0.25, 0.3) is 0 Å². The molecule has 2 heteroatoms. The van der Waals surface area contributed by atoms with Crippen LogP contribution in [0.5, 0.6) is 0 Å². The van der Waals surface area contributed by atoms with Crippen molar-refractivity contribution >= 4 is 11.8 Å². The highest BCUT2D eigenvalue weighted by molar-refractivity contribution is 7.99. The monoisotopic (exact) mass is 271 g/mol. The van der Waals surface area contributed by atoms with E-state index < -0.39 is 0 Å². The fraction of sp³-hybridized carbons (Fsp3) is 0.294. The summed E-state index contributed by atoms with van der Waals surface area (Å²) in [4.78, 5) is 1.28. The number of thioether (sulfide) groups is 1. The zero-order valence-electron chi connectivity index (χ0n) is 11.8. The van der Waals surface area contributed by atoms with Crippen LogP contribution in [-0.4, -0.2) is 5.75 Å². The summed E-state index contributed by atoms with van der Waals surface area (Å²) in [5, 5.41) is 0. The van der Waals surface area contributed by atoms with Crippen molar-refractivity contribution in [1.82, 2.24) is 0 Å². The Morgan fingerprint density at radius 2 is 1.58 bits per heavy atom. The first kappa shape index (κ1) is 14.2. The molecular formula is C17H21NS. The Morgan fingerprint density at radius 1 is 0.947 bits per heavy atom. The molecule has 1 unspecified atom stereocenters. The van der Waals surface area contributed by atoms with Crippen LogP contribution in [0.3, 0.4) is 0 Å². The minimum Gasteiger partial charge on any atom is -0.323 e. The summed E-state index contributed by atoms with van der Waals surface area (Å²) in [6.07, 6.45) is 0. The zero-order valence-corrected chi connectivity index (χ0v) is 12.6. The first-order chi connectivity index (χ1) is 9.06. The van der Waals surface area contributed by atoms with Gasteiger partial charge < -0.3 is 5.73 Å². The smallest absolute Gasteiger partial charge is 0.0393 e. The van der Waals surface area contributed by atoms with E-state index in [0.717, 1.165) is 5.75 Å². The second kappa shape index (κ2) is 6.27. The fourth-order valence-electron chi connectivity index (χ4n) is 2.07. The van der Waals surface area contributed by atoms with Crippen LogP contribution >= 0.6 is 11.8 Å². The third-order valence-electron chi connectivity index (χ3n) is 3.28. The number of hydrogen-bond donors (Lipinski definition) is 1. The van der Waals surface area contributed by atoms with Crippen molar-refractivity contribution in [3.63, 3.8) is 0 Å². The Kier molecular flexibility index (Phi) is 4.67. The molecule has 0 aliphatic rings. The Balaban J connectivity index is 2.03. The van der Waals surface area contributed by atoms with Crippen molar-refractivity contribution in [2.24, 2.45) is 5.73 Å². The SMILES string of the molecule is Cc1ccc(SCC(N)c2cc(C)ccc2C)cc1. The van der Waals surface area contributed by atoms with Gasteiger partial charge in [-0.3, -0.25) is 0 Å². The van der Waals surface area contributed by atoms with Crippen LogP contribution in [0.15, 0.2) is 47.4 Å². The molecule has 0 aromatic heterocycles. The third kappa shape index (κ3) is 3.85. The van der Waals surface area contributed by atoms with Gasteiger partial charge in [-0.2, -0.15) is 0 Å². The van der Waals surface area contributed by atoms with Gasteiger partial charge in [-0.05, 0) is 44.0 Å². The minimum absolute atomic E-state index is 0.0891. The second-order valence-electron chi connectivity index (χ2n) is 5.09. The van der Waals surface area contributed by atoms with Gasteiger partial charge in [0.05, 0.1) is 0 Å². The molecule has 0 saturated carbocycles. The minimum atomic E-state index is 0.0891. The average molecular weight is 271 g/mol. The predicted molar refractivity (Wildman–Crippen MR) is 84.7 cm³/mol. The quantitative estimate of drug-likeness (QED) is 0.834. The maximum Gasteiger partial charge on any atom is 0.0393 e. The molecule has 2 aromatic carbocycles. The molecule has 0 saturated heterocycles. The Hall–Kier alpha value is -1.25. The summed E-state index contributed by atoms with van der Waals surface area (Å²) in [6, 6.07) is 15.2. The molecule has 0 bridgehead atoms. The lowest BCUT2D eigenvalue weighted by atomic mass is 10.0. The van der Waals surface area contributed by atoms with Crippen molar-refractivity contribution in [3.8, 4) is 0 Å². The maximum absolute atomic E-state index is 6.32. The van der Waals surface area contributed by atoms with Crippen molar-refractivity contribution in [2.75, 3.05) is 5.75 Å². The van der Waals surface area contributed by atoms with E-state index in [2.05, 4.69) is 63.2 Å². The van der Waals surface area contributed by atoms with Gasteiger partial charge in [0.2, 0.25) is 0 Å². The van der Waals surface area contributed by atoms with Gasteiger partial charge in [-0.15, -0.1) is 11.8 Å². The van der Waals surface area contributed by atoms with Crippen molar-refractivity contribution in [1.29, 1.82) is 0 Å². The highest BCUT2D eigenvalue weighted by Gasteiger charge is 2.09. The summed E-state index contributed by atoms with van der Waals surface area (Å²) in [5.41, 5.74) is 11.4. The van der Waals surface area contributed by atoms with Crippen molar-refractivity contribution < 1.29 is 0 Å². The average Bonchev–Trinajstić information content (AvgIpc) is 2.40.